The predicted octanol–water partition coefficient (Wildman–Crippen LogP) is 2.60. The standard InChI is InChI=1S/C18H23N3O3S/c1-12-11-25-17(19-12)18(6-3-4-7-18)20-15(23)5-8-21-13(2)9-14(22)10-16(21)24/h9-11,22H,3-8H2,1-2H3,(H,20,23). The molecule has 0 saturated heterocycles. The first-order chi connectivity index (χ1) is 11.9. The van der Waals surface area contributed by atoms with Crippen LogP contribution in [0.5, 0.6) is 5.75 Å². The molecule has 1 fully saturated rings. The van der Waals surface area contributed by atoms with Gasteiger partial charge in [0.25, 0.3) is 5.56 Å². The molecule has 2 aromatic heterocycles. The van der Waals surface area contributed by atoms with E-state index in [-0.39, 0.29) is 29.2 Å². The number of carbonyl (C=O) groups excluding carboxylic acids is 1. The normalized spacial score (nSPS) is 16.1. The molecule has 6 nitrogen and oxygen atoms in total. The summed E-state index contributed by atoms with van der Waals surface area (Å²) in [6.07, 6.45) is 4.19. The molecule has 1 aliphatic rings. The van der Waals surface area contributed by atoms with E-state index in [0.29, 0.717) is 12.2 Å². The Morgan fingerprint density at radius 2 is 2.08 bits per heavy atom. The second kappa shape index (κ2) is 7.00. The van der Waals surface area contributed by atoms with Gasteiger partial charge in [-0.3, -0.25) is 9.59 Å². The molecule has 3 rings (SSSR count). The van der Waals surface area contributed by atoms with Crippen LogP contribution in [0.1, 0.15) is 48.5 Å². The zero-order chi connectivity index (χ0) is 18.0. The van der Waals surface area contributed by atoms with Crippen molar-refractivity contribution < 1.29 is 9.90 Å². The number of hydrogen-bond acceptors (Lipinski definition) is 5. The van der Waals surface area contributed by atoms with Crippen LogP contribution in [-0.4, -0.2) is 20.6 Å². The molecule has 7 heteroatoms. The molecule has 0 aromatic carbocycles. The van der Waals surface area contributed by atoms with Crippen molar-refractivity contribution in [3.63, 3.8) is 0 Å². The van der Waals surface area contributed by atoms with Crippen LogP contribution in [0.15, 0.2) is 22.3 Å². The van der Waals surface area contributed by atoms with Crippen LogP contribution in [0.3, 0.4) is 0 Å². The van der Waals surface area contributed by atoms with Crippen LogP contribution in [0, 0.1) is 13.8 Å². The molecule has 134 valence electrons. The number of carbonyl (C=O) groups is 1. The second-order valence-electron chi connectivity index (χ2n) is 6.73. The van der Waals surface area contributed by atoms with Crippen molar-refractivity contribution in [1.29, 1.82) is 0 Å². The van der Waals surface area contributed by atoms with Gasteiger partial charge in [-0.1, -0.05) is 12.8 Å². The molecule has 0 spiro atoms. The summed E-state index contributed by atoms with van der Waals surface area (Å²) < 4.78 is 1.51. The fourth-order valence-corrected chi connectivity index (χ4v) is 4.50. The summed E-state index contributed by atoms with van der Waals surface area (Å²) >= 11 is 1.60. The summed E-state index contributed by atoms with van der Waals surface area (Å²) in [7, 11) is 0. The van der Waals surface area contributed by atoms with Gasteiger partial charge in [-0.15, -0.1) is 11.3 Å². The Morgan fingerprint density at radius 3 is 2.68 bits per heavy atom. The highest BCUT2D eigenvalue weighted by molar-refractivity contribution is 7.09. The molecule has 2 N–H and O–H groups in total. The number of aromatic nitrogens is 2. The average molecular weight is 361 g/mol. The third-order valence-electron chi connectivity index (χ3n) is 4.75. The molecule has 1 saturated carbocycles. The van der Waals surface area contributed by atoms with Gasteiger partial charge < -0.3 is 15.0 Å². The summed E-state index contributed by atoms with van der Waals surface area (Å²) in [6.45, 7) is 4.00. The number of rotatable bonds is 5. The van der Waals surface area contributed by atoms with Crippen LogP contribution >= 0.6 is 11.3 Å². The summed E-state index contributed by atoms with van der Waals surface area (Å²) in [4.78, 5) is 29.1. The summed E-state index contributed by atoms with van der Waals surface area (Å²) in [5.41, 5.74) is 0.970. The first-order valence-corrected chi connectivity index (χ1v) is 9.42. The lowest BCUT2D eigenvalue weighted by Crippen LogP contribution is -2.44. The van der Waals surface area contributed by atoms with Crippen molar-refractivity contribution in [3.05, 3.63) is 44.3 Å². The predicted molar refractivity (Wildman–Crippen MR) is 96.9 cm³/mol. The van der Waals surface area contributed by atoms with E-state index in [1.807, 2.05) is 12.3 Å². The van der Waals surface area contributed by atoms with E-state index in [4.69, 9.17) is 0 Å². The zero-order valence-electron chi connectivity index (χ0n) is 14.5. The van der Waals surface area contributed by atoms with Crippen molar-refractivity contribution in [2.75, 3.05) is 0 Å². The minimum absolute atomic E-state index is 0.0488. The van der Waals surface area contributed by atoms with Gasteiger partial charge in [0.15, 0.2) is 0 Å². The quantitative estimate of drug-likeness (QED) is 0.857. The monoisotopic (exact) mass is 361 g/mol. The Bertz CT molecular complexity index is 834. The number of pyridine rings is 1. The Balaban J connectivity index is 1.70. The first-order valence-electron chi connectivity index (χ1n) is 8.54. The fraction of sp³-hybridized carbons (Fsp3) is 0.500. The minimum atomic E-state index is -0.356. The highest BCUT2D eigenvalue weighted by Crippen LogP contribution is 2.40. The highest BCUT2D eigenvalue weighted by Gasteiger charge is 2.39. The average Bonchev–Trinajstić information content (AvgIpc) is 3.16. The van der Waals surface area contributed by atoms with E-state index >= 15 is 0 Å². The van der Waals surface area contributed by atoms with Gasteiger partial charge >= 0.3 is 0 Å². The molecule has 0 unspecified atom stereocenters. The smallest absolute Gasteiger partial charge is 0.254 e. The van der Waals surface area contributed by atoms with Gasteiger partial charge in [0.2, 0.25) is 5.91 Å². The van der Waals surface area contributed by atoms with Crippen LogP contribution < -0.4 is 10.9 Å². The molecule has 1 amide bonds. The largest absolute Gasteiger partial charge is 0.508 e. The lowest BCUT2D eigenvalue weighted by Gasteiger charge is -2.28. The van der Waals surface area contributed by atoms with Crippen molar-refractivity contribution >= 4 is 17.2 Å². The number of nitrogens with one attached hydrogen (secondary N) is 1. The summed E-state index contributed by atoms with van der Waals surface area (Å²) in [5.74, 6) is -0.124. The molecule has 25 heavy (non-hydrogen) atoms. The van der Waals surface area contributed by atoms with Gasteiger partial charge in [0, 0.05) is 35.8 Å². The van der Waals surface area contributed by atoms with Gasteiger partial charge in [-0.05, 0) is 32.8 Å². The topological polar surface area (TPSA) is 84.2 Å². The number of nitrogens with zero attached hydrogens (tertiary/aromatic N) is 2. The van der Waals surface area contributed by atoms with Crippen LogP contribution in [0.2, 0.25) is 0 Å². The van der Waals surface area contributed by atoms with Crippen LogP contribution in [0.25, 0.3) is 0 Å². The lowest BCUT2D eigenvalue weighted by molar-refractivity contribution is -0.123. The van der Waals surface area contributed by atoms with Crippen LogP contribution in [-0.2, 0) is 16.9 Å². The molecule has 0 aliphatic heterocycles. The molecule has 0 bridgehead atoms. The minimum Gasteiger partial charge on any atom is -0.508 e. The number of aromatic hydroxyl groups is 1. The Labute approximate surface area is 150 Å². The van der Waals surface area contributed by atoms with E-state index in [9.17, 15) is 14.7 Å². The van der Waals surface area contributed by atoms with Crippen molar-refractivity contribution in [3.8, 4) is 5.75 Å². The van der Waals surface area contributed by atoms with E-state index in [1.54, 1.807) is 18.3 Å². The molecule has 0 radical (unpaired) electrons. The van der Waals surface area contributed by atoms with Crippen molar-refractivity contribution in [2.24, 2.45) is 0 Å². The Hall–Kier alpha value is -2.15. The van der Waals surface area contributed by atoms with Gasteiger partial charge in [0.1, 0.15) is 10.8 Å². The SMILES string of the molecule is Cc1csc(C2(NC(=O)CCn3c(C)cc(O)cc3=O)CCCC2)n1. The number of thiazole rings is 1. The lowest BCUT2D eigenvalue weighted by atomic mass is 9.98. The summed E-state index contributed by atoms with van der Waals surface area (Å²) in [6, 6.07) is 2.69. The summed E-state index contributed by atoms with van der Waals surface area (Å²) in [5, 5.41) is 15.6. The third-order valence-corrected chi connectivity index (χ3v) is 5.91. The number of aryl methyl sites for hydroxylation is 2. The van der Waals surface area contributed by atoms with Gasteiger partial charge in [-0.25, -0.2) is 4.98 Å². The van der Waals surface area contributed by atoms with E-state index in [0.717, 1.165) is 36.4 Å². The van der Waals surface area contributed by atoms with Crippen LogP contribution in [0.4, 0.5) is 0 Å². The zero-order valence-corrected chi connectivity index (χ0v) is 15.4. The maximum absolute atomic E-state index is 12.5. The van der Waals surface area contributed by atoms with E-state index in [1.165, 1.54) is 16.7 Å². The second-order valence-corrected chi connectivity index (χ2v) is 7.58. The molecule has 2 heterocycles. The van der Waals surface area contributed by atoms with Crippen molar-refractivity contribution in [2.45, 2.75) is 58.0 Å². The number of hydrogen-bond donors (Lipinski definition) is 2. The molecular weight excluding hydrogens is 338 g/mol. The van der Waals surface area contributed by atoms with Gasteiger partial charge in [-0.2, -0.15) is 0 Å². The number of amides is 1. The third kappa shape index (κ3) is 3.76. The highest BCUT2D eigenvalue weighted by atomic mass is 32.1. The molecule has 2 aromatic rings. The van der Waals surface area contributed by atoms with Gasteiger partial charge in [0.05, 0.1) is 5.54 Å². The van der Waals surface area contributed by atoms with E-state index < -0.39 is 0 Å². The fourth-order valence-electron chi connectivity index (χ4n) is 3.49. The maximum Gasteiger partial charge on any atom is 0.254 e. The maximum atomic E-state index is 12.5. The first kappa shape index (κ1) is 17.7. The Morgan fingerprint density at radius 1 is 1.36 bits per heavy atom. The Kier molecular flexibility index (Phi) is 4.94. The van der Waals surface area contributed by atoms with Crippen molar-refractivity contribution in [1.82, 2.24) is 14.9 Å². The molecule has 0 atom stereocenters. The molecule has 1 aliphatic carbocycles. The van der Waals surface area contributed by atoms with E-state index in [2.05, 4.69) is 10.3 Å². The molecular formula is C18H23N3O3S.